The van der Waals surface area contributed by atoms with Crippen molar-refractivity contribution in [3.8, 4) is 5.75 Å². The summed E-state index contributed by atoms with van der Waals surface area (Å²) in [6, 6.07) is 9.23. The SMILES string of the molecule is Cc1[nH]nc(C(C)Oc2ccccc2)c1C(=O)O. The maximum absolute atomic E-state index is 11.1. The largest absolute Gasteiger partial charge is 0.484 e. The maximum atomic E-state index is 11.1. The van der Waals surface area contributed by atoms with Gasteiger partial charge in [0.1, 0.15) is 23.1 Å². The molecule has 0 amide bonds. The molecule has 18 heavy (non-hydrogen) atoms. The van der Waals surface area contributed by atoms with Crippen LogP contribution in [0.25, 0.3) is 0 Å². The smallest absolute Gasteiger partial charge is 0.339 e. The molecule has 94 valence electrons. The summed E-state index contributed by atoms with van der Waals surface area (Å²) in [7, 11) is 0. The van der Waals surface area contributed by atoms with Crippen LogP contribution in [0.15, 0.2) is 30.3 Å². The van der Waals surface area contributed by atoms with Crippen molar-refractivity contribution < 1.29 is 14.6 Å². The first kappa shape index (κ1) is 12.2. The fourth-order valence-electron chi connectivity index (χ4n) is 1.77. The van der Waals surface area contributed by atoms with Crippen LogP contribution in [-0.4, -0.2) is 21.3 Å². The fourth-order valence-corrected chi connectivity index (χ4v) is 1.77. The van der Waals surface area contributed by atoms with Gasteiger partial charge in [-0.3, -0.25) is 5.10 Å². The highest BCUT2D eigenvalue weighted by molar-refractivity contribution is 5.90. The molecule has 0 spiro atoms. The molecule has 5 heteroatoms. The molecule has 1 aromatic carbocycles. The van der Waals surface area contributed by atoms with Gasteiger partial charge in [-0.2, -0.15) is 5.10 Å². The van der Waals surface area contributed by atoms with Crippen LogP contribution < -0.4 is 4.74 Å². The van der Waals surface area contributed by atoms with Gasteiger partial charge in [-0.05, 0) is 26.0 Å². The zero-order chi connectivity index (χ0) is 13.1. The molecule has 0 radical (unpaired) electrons. The number of nitrogens with one attached hydrogen (secondary N) is 1. The Morgan fingerprint density at radius 3 is 2.67 bits per heavy atom. The number of hydrogen-bond donors (Lipinski definition) is 2. The van der Waals surface area contributed by atoms with Crippen molar-refractivity contribution in [3.05, 3.63) is 47.3 Å². The summed E-state index contributed by atoms with van der Waals surface area (Å²) in [5, 5.41) is 15.8. The van der Waals surface area contributed by atoms with E-state index in [4.69, 9.17) is 9.84 Å². The minimum absolute atomic E-state index is 0.179. The van der Waals surface area contributed by atoms with E-state index in [1.807, 2.05) is 30.3 Å². The Kier molecular flexibility index (Phi) is 3.32. The second-order valence-electron chi connectivity index (χ2n) is 3.99. The molecule has 0 aliphatic rings. The summed E-state index contributed by atoms with van der Waals surface area (Å²) in [4.78, 5) is 11.1. The predicted molar refractivity (Wildman–Crippen MR) is 65.8 cm³/mol. The third kappa shape index (κ3) is 2.34. The van der Waals surface area contributed by atoms with E-state index in [9.17, 15) is 4.79 Å². The number of benzene rings is 1. The minimum atomic E-state index is -1.00. The Morgan fingerprint density at radius 2 is 2.06 bits per heavy atom. The average molecular weight is 246 g/mol. The average Bonchev–Trinajstić information content (AvgIpc) is 2.72. The molecule has 5 nitrogen and oxygen atoms in total. The first-order chi connectivity index (χ1) is 8.59. The number of carboxylic acids is 1. The van der Waals surface area contributed by atoms with Gasteiger partial charge in [-0.15, -0.1) is 0 Å². The van der Waals surface area contributed by atoms with Gasteiger partial charge in [0, 0.05) is 5.69 Å². The summed E-state index contributed by atoms with van der Waals surface area (Å²) in [6.45, 7) is 3.45. The third-order valence-corrected chi connectivity index (χ3v) is 2.63. The number of aromatic carboxylic acids is 1. The summed E-state index contributed by atoms with van der Waals surface area (Å²) in [5.74, 6) is -0.318. The molecule has 0 saturated heterocycles. The van der Waals surface area contributed by atoms with Crippen LogP contribution in [-0.2, 0) is 0 Å². The number of H-pyrrole nitrogens is 1. The number of ether oxygens (including phenoxy) is 1. The molecule has 1 heterocycles. The molecule has 1 unspecified atom stereocenters. The van der Waals surface area contributed by atoms with Crippen molar-refractivity contribution in [2.24, 2.45) is 0 Å². The van der Waals surface area contributed by atoms with Crippen molar-refractivity contribution in [1.29, 1.82) is 0 Å². The number of aromatic amines is 1. The van der Waals surface area contributed by atoms with Gasteiger partial charge in [0.05, 0.1) is 0 Å². The van der Waals surface area contributed by atoms with Gasteiger partial charge in [0.25, 0.3) is 0 Å². The van der Waals surface area contributed by atoms with Gasteiger partial charge >= 0.3 is 5.97 Å². The van der Waals surface area contributed by atoms with Crippen LogP contribution in [0.4, 0.5) is 0 Å². The van der Waals surface area contributed by atoms with Crippen LogP contribution in [0.3, 0.4) is 0 Å². The van der Waals surface area contributed by atoms with E-state index in [-0.39, 0.29) is 5.56 Å². The Labute approximate surface area is 104 Å². The fraction of sp³-hybridized carbons (Fsp3) is 0.231. The highest BCUT2D eigenvalue weighted by Crippen LogP contribution is 2.23. The number of carbonyl (C=O) groups is 1. The van der Waals surface area contributed by atoms with E-state index in [2.05, 4.69) is 10.2 Å². The molecule has 1 atom stereocenters. The van der Waals surface area contributed by atoms with Gasteiger partial charge in [-0.1, -0.05) is 18.2 Å². The Balaban J connectivity index is 2.24. The topological polar surface area (TPSA) is 75.2 Å². The Hall–Kier alpha value is -2.30. The third-order valence-electron chi connectivity index (χ3n) is 2.63. The summed E-state index contributed by atoms with van der Waals surface area (Å²) in [6.07, 6.45) is -0.427. The van der Waals surface area contributed by atoms with Gasteiger partial charge < -0.3 is 9.84 Å². The number of aryl methyl sites for hydroxylation is 1. The number of carboxylic acid groups (broad SMARTS) is 1. The van der Waals surface area contributed by atoms with Crippen LogP contribution >= 0.6 is 0 Å². The maximum Gasteiger partial charge on any atom is 0.339 e. The second kappa shape index (κ2) is 4.91. The highest BCUT2D eigenvalue weighted by Gasteiger charge is 2.22. The lowest BCUT2D eigenvalue weighted by molar-refractivity contribution is 0.0691. The molecule has 0 fully saturated rings. The van der Waals surface area contributed by atoms with E-state index in [0.29, 0.717) is 17.1 Å². The van der Waals surface area contributed by atoms with E-state index in [1.54, 1.807) is 13.8 Å². The standard InChI is InChI=1S/C13H14N2O3/c1-8-11(13(16)17)12(15-14-8)9(2)18-10-6-4-3-5-7-10/h3-7,9H,1-2H3,(H,14,15)(H,16,17). The molecule has 0 aliphatic heterocycles. The molecule has 0 bridgehead atoms. The summed E-state index contributed by atoms with van der Waals surface area (Å²) >= 11 is 0. The van der Waals surface area contributed by atoms with Crippen molar-refractivity contribution in [1.82, 2.24) is 10.2 Å². The molecule has 2 rings (SSSR count). The van der Waals surface area contributed by atoms with Crippen LogP contribution in [0.2, 0.25) is 0 Å². The van der Waals surface area contributed by atoms with Crippen molar-refractivity contribution in [2.75, 3.05) is 0 Å². The van der Waals surface area contributed by atoms with Crippen LogP contribution in [0.5, 0.6) is 5.75 Å². The van der Waals surface area contributed by atoms with E-state index >= 15 is 0 Å². The van der Waals surface area contributed by atoms with E-state index in [1.165, 1.54) is 0 Å². The number of nitrogens with zero attached hydrogens (tertiary/aromatic N) is 1. The Bertz CT molecular complexity index is 549. The predicted octanol–water partition coefficient (Wildman–Crippen LogP) is 2.56. The minimum Gasteiger partial charge on any atom is -0.484 e. The number of rotatable bonds is 4. The lowest BCUT2D eigenvalue weighted by atomic mass is 10.1. The van der Waals surface area contributed by atoms with Gasteiger partial charge in [0.2, 0.25) is 0 Å². The second-order valence-corrected chi connectivity index (χ2v) is 3.99. The number of para-hydroxylation sites is 1. The first-order valence-electron chi connectivity index (χ1n) is 5.59. The first-order valence-corrected chi connectivity index (χ1v) is 5.59. The molecule has 0 saturated carbocycles. The lowest BCUT2D eigenvalue weighted by Crippen LogP contribution is -2.09. The molecular formula is C13H14N2O3. The van der Waals surface area contributed by atoms with E-state index < -0.39 is 12.1 Å². The van der Waals surface area contributed by atoms with E-state index in [0.717, 1.165) is 0 Å². The normalized spacial score (nSPS) is 12.1. The quantitative estimate of drug-likeness (QED) is 0.869. The zero-order valence-electron chi connectivity index (χ0n) is 10.2. The molecule has 0 aliphatic carbocycles. The van der Waals surface area contributed by atoms with Gasteiger partial charge in [0.15, 0.2) is 0 Å². The molecule has 1 aromatic heterocycles. The summed E-state index contributed by atoms with van der Waals surface area (Å²) < 4.78 is 5.66. The van der Waals surface area contributed by atoms with Gasteiger partial charge in [-0.25, -0.2) is 4.79 Å². The molecular weight excluding hydrogens is 232 g/mol. The molecule has 2 aromatic rings. The van der Waals surface area contributed by atoms with Crippen LogP contribution in [0, 0.1) is 6.92 Å². The number of hydrogen-bond acceptors (Lipinski definition) is 3. The zero-order valence-corrected chi connectivity index (χ0v) is 10.2. The lowest BCUT2D eigenvalue weighted by Gasteiger charge is -2.13. The Morgan fingerprint density at radius 1 is 1.39 bits per heavy atom. The highest BCUT2D eigenvalue weighted by atomic mass is 16.5. The van der Waals surface area contributed by atoms with Crippen LogP contribution in [0.1, 0.15) is 34.8 Å². The number of aromatic nitrogens is 2. The van der Waals surface area contributed by atoms with Crippen molar-refractivity contribution >= 4 is 5.97 Å². The van der Waals surface area contributed by atoms with Crippen molar-refractivity contribution in [2.45, 2.75) is 20.0 Å². The monoisotopic (exact) mass is 246 g/mol. The molecule has 2 N–H and O–H groups in total. The summed E-state index contributed by atoms with van der Waals surface area (Å²) in [5.41, 5.74) is 1.11. The van der Waals surface area contributed by atoms with Crippen molar-refractivity contribution in [3.63, 3.8) is 0 Å².